The maximum absolute atomic E-state index is 12.2. The van der Waals surface area contributed by atoms with Gasteiger partial charge in [0.25, 0.3) is 0 Å². The number of benzene rings is 1. The zero-order chi connectivity index (χ0) is 17.4. The van der Waals surface area contributed by atoms with Crippen molar-refractivity contribution in [1.82, 2.24) is 15.1 Å². The molecule has 0 aromatic heterocycles. The largest absolute Gasteiger partial charge is 0.497 e. The van der Waals surface area contributed by atoms with Crippen molar-refractivity contribution >= 4 is 11.8 Å². The van der Waals surface area contributed by atoms with Crippen LogP contribution in [0, 0.1) is 0 Å². The molecule has 0 saturated carbocycles. The maximum Gasteiger partial charge on any atom is 0.232 e. The molecule has 1 aliphatic rings. The molecule has 2 amide bonds. The Hall–Kier alpha value is -2.08. The quantitative estimate of drug-likeness (QED) is 0.754. The van der Waals surface area contributed by atoms with Gasteiger partial charge in [0.15, 0.2) is 0 Å². The first-order chi connectivity index (χ1) is 11.6. The molecule has 2 rings (SSSR count). The summed E-state index contributed by atoms with van der Waals surface area (Å²) in [5, 5.41) is 2.82. The molecule has 1 fully saturated rings. The zero-order valence-corrected chi connectivity index (χ0v) is 14.6. The number of hydrogen-bond donors (Lipinski definition) is 1. The molecule has 6 nitrogen and oxygen atoms in total. The Bertz CT molecular complexity index is 554. The molecule has 0 spiro atoms. The first-order valence-electron chi connectivity index (χ1n) is 8.52. The predicted molar refractivity (Wildman–Crippen MR) is 93.0 cm³/mol. The number of nitrogens with zero attached hydrogens (tertiary/aromatic N) is 2. The van der Waals surface area contributed by atoms with Gasteiger partial charge in [-0.05, 0) is 30.7 Å². The van der Waals surface area contributed by atoms with Crippen molar-refractivity contribution in [3.05, 3.63) is 29.8 Å². The molecule has 1 aromatic rings. The second-order valence-electron chi connectivity index (χ2n) is 5.94. The summed E-state index contributed by atoms with van der Waals surface area (Å²) in [5.74, 6) is 0.519. The molecule has 24 heavy (non-hydrogen) atoms. The number of piperazine rings is 1. The van der Waals surface area contributed by atoms with Crippen LogP contribution in [0.15, 0.2) is 24.3 Å². The molecule has 1 saturated heterocycles. The molecule has 0 bridgehead atoms. The summed E-state index contributed by atoms with van der Waals surface area (Å²) in [7, 11) is 1.63. The fourth-order valence-corrected chi connectivity index (χ4v) is 2.80. The summed E-state index contributed by atoms with van der Waals surface area (Å²) in [6.07, 6.45) is 0.649. The van der Waals surface area contributed by atoms with Gasteiger partial charge in [0.05, 0.1) is 7.11 Å². The lowest BCUT2D eigenvalue weighted by Gasteiger charge is -2.33. The van der Waals surface area contributed by atoms with Crippen LogP contribution >= 0.6 is 0 Å². The average molecular weight is 333 g/mol. The lowest BCUT2D eigenvalue weighted by molar-refractivity contribution is -0.137. The molecule has 0 aliphatic carbocycles. The van der Waals surface area contributed by atoms with E-state index in [1.165, 1.54) is 0 Å². The number of rotatable bonds is 7. The Morgan fingerprint density at radius 3 is 2.62 bits per heavy atom. The van der Waals surface area contributed by atoms with Crippen molar-refractivity contribution < 1.29 is 14.3 Å². The predicted octanol–water partition coefficient (Wildman–Crippen LogP) is 0.908. The van der Waals surface area contributed by atoms with E-state index >= 15 is 0 Å². The van der Waals surface area contributed by atoms with Crippen LogP contribution in [-0.4, -0.2) is 68.0 Å². The Morgan fingerprint density at radius 1 is 1.21 bits per heavy atom. The molecule has 0 unspecified atom stereocenters. The van der Waals surface area contributed by atoms with E-state index in [0.717, 1.165) is 30.9 Å². The van der Waals surface area contributed by atoms with E-state index in [1.54, 1.807) is 12.0 Å². The summed E-state index contributed by atoms with van der Waals surface area (Å²) in [5.41, 5.74) is 1.09. The number of carbonyl (C=O) groups is 2. The van der Waals surface area contributed by atoms with Crippen molar-refractivity contribution in [3.8, 4) is 5.75 Å². The van der Waals surface area contributed by atoms with Crippen LogP contribution in [0.4, 0.5) is 0 Å². The van der Waals surface area contributed by atoms with Gasteiger partial charge in [-0.15, -0.1) is 0 Å². The standard InChI is InChI=1S/C18H27N3O3/c1-3-20-9-11-21(12-10-20)18(23)14-17(22)19-8-7-15-5-4-6-16(13-15)24-2/h4-6,13H,3,7-12,14H2,1-2H3,(H,19,22). The second-order valence-corrected chi connectivity index (χ2v) is 5.94. The van der Waals surface area contributed by atoms with Crippen molar-refractivity contribution in [2.45, 2.75) is 19.8 Å². The number of nitrogens with one attached hydrogen (secondary N) is 1. The highest BCUT2D eigenvalue weighted by atomic mass is 16.5. The van der Waals surface area contributed by atoms with Gasteiger partial charge in [0.1, 0.15) is 12.2 Å². The highest BCUT2D eigenvalue weighted by Crippen LogP contribution is 2.12. The monoisotopic (exact) mass is 333 g/mol. The van der Waals surface area contributed by atoms with Crippen molar-refractivity contribution in [1.29, 1.82) is 0 Å². The summed E-state index contributed by atoms with van der Waals surface area (Å²) < 4.78 is 5.18. The minimum Gasteiger partial charge on any atom is -0.497 e. The van der Waals surface area contributed by atoms with Crippen molar-refractivity contribution in [3.63, 3.8) is 0 Å². The number of likely N-dealkylation sites (N-methyl/N-ethyl adjacent to an activating group) is 1. The van der Waals surface area contributed by atoms with Crippen LogP contribution in [0.5, 0.6) is 5.75 Å². The molecular weight excluding hydrogens is 306 g/mol. The lowest BCUT2D eigenvalue weighted by Crippen LogP contribution is -2.49. The first-order valence-corrected chi connectivity index (χ1v) is 8.52. The fourth-order valence-electron chi connectivity index (χ4n) is 2.80. The topological polar surface area (TPSA) is 61.9 Å². The van der Waals surface area contributed by atoms with Crippen molar-refractivity contribution in [2.75, 3.05) is 46.4 Å². The lowest BCUT2D eigenvalue weighted by atomic mass is 10.1. The molecule has 0 radical (unpaired) electrons. The third kappa shape index (κ3) is 5.53. The van der Waals surface area contributed by atoms with Crippen LogP contribution in [0.2, 0.25) is 0 Å². The van der Waals surface area contributed by atoms with Crippen LogP contribution in [0.1, 0.15) is 18.9 Å². The van der Waals surface area contributed by atoms with Crippen molar-refractivity contribution in [2.24, 2.45) is 0 Å². The first kappa shape index (κ1) is 18.3. The van der Waals surface area contributed by atoms with E-state index < -0.39 is 0 Å². The van der Waals surface area contributed by atoms with Gasteiger partial charge in [0.2, 0.25) is 11.8 Å². The van der Waals surface area contributed by atoms with Gasteiger partial charge in [0, 0.05) is 32.7 Å². The molecule has 132 valence electrons. The van der Waals surface area contributed by atoms with Crippen LogP contribution in [-0.2, 0) is 16.0 Å². The van der Waals surface area contributed by atoms with E-state index in [9.17, 15) is 9.59 Å². The Morgan fingerprint density at radius 2 is 1.96 bits per heavy atom. The van der Waals surface area contributed by atoms with Crippen LogP contribution in [0.25, 0.3) is 0 Å². The maximum atomic E-state index is 12.2. The number of hydrogen-bond acceptors (Lipinski definition) is 4. The summed E-state index contributed by atoms with van der Waals surface area (Å²) in [6, 6.07) is 7.76. The Kier molecular flexibility index (Phi) is 7.06. The third-order valence-corrected chi connectivity index (χ3v) is 4.35. The molecule has 1 N–H and O–H groups in total. The normalized spacial score (nSPS) is 15.2. The van der Waals surface area contributed by atoms with Gasteiger partial charge >= 0.3 is 0 Å². The highest BCUT2D eigenvalue weighted by Gasteiger charge is 2.21. The van der Waals surface area contributed by atoms with Crippen LogP contribution in [0.3, 0.4) is 0 Å². The van der Waals surface area contributed by atoms with Gasteiger partial charge in [-0.25, -0.2) is 0 Å². The SMILES string of the molecule is CCN1CCN(C(=O)CC(=O)NCCc2cccc(OC)c2)CC1. The Labute approximate surface area is 143 Å². The van der Waals surface area contributed by atoms with Gasteiger partial charge in [-0.2, -0.15) is 0 Å². The molecule has 0 atom stereocenters. The van der Waals surface area contributed by atoms with E-state index in [1.807, 2.05) is 24.3 Å². The minimum absolute atomic E-state index is 0.0652. The van der Waals surface area contributed by atoms with Gasteiger partial charge < -0.3 is 19.9 Å². The summed E-state index contributed by atoms with van der Waals surface area (Å²) >= 11 is 0. The number of ether oxygens (including phenoxy) is 1. The average Bonchev–Trinajstić information content (AvgIpc) is 2.62. The van der Waals surface area contributed by atoms with Gasteiger partial charge in [-0.3, -0.25) is 9.59 Å². The zero-order valence-electron chi connectivity index (χ0n) is 14.6. The summed E-state index contributed by atoms with van der Waals surface area (Å²) in [4.78, 5) is 28.2. The molecule has 1 heterocycles. The third-order valence-electron chi connectivity index (χ3n) is 4.35. The van der Waals surface area contributed by atoms with E-state index in [0.29, 0.717) is 26.1 Å². The van der Waals surface area contributed by atoms with E-state index in [-0.39, 0.29) is 18.2 Å². The number of amides is 2. The molecule has 1 aromatic carbocycles. The minimum atomic E-state index is -0.208. The smallest absolute Gasteiger partial charge is 0.232 e. The Balaban J connectivity index is 1.68. The number of carbonyl (C=O) groups excluding carboxylic acids is 2. The second kappa shape index (κ2) is 9.27. The van der Waals surface area contributed by atoms with Crippen LogP contribution < -0.4 is 10.1 Å². The molecule has 6 heteroatoms. The molecule has 1 aliphatic heterocycles. The molecular formula is C18H27N3O3. The van der Waals surface area contributed by atoms with E-state index in [4.69, 9.17) is 4.74 Å². The summed E-state index contributed by atoms with van der Waals surface area (Å²) in [6.45, 7) is 6.84. The highest BCUT2D eigenvalue weighted by molar-refractivity contribution is 5.96. The van der Waals surface area contributed by atoms with Gasteiger partial charge in [-0.1, -0.05) is 19.1 Å². The fraction of sp³-hybridized carbons (Fsp3) is 0.556. The van der Waals surface area contributed by atoms with E-state index in [2.05, 4.69) is 17.1 Å². The number of methoxy groups -OCH3 is 1.